The summed E-state index contributed by atoms with van der Waals surface area (Å²) in [5.41, 5.74) is 3.35. The Labute approximate surface area is 161 Å². The number of aromatic hydroxyl groups is 1. The lowest BCUT2D eigenvalue weighted by atomic mass is 10.0. The molecule has 0 atom stereocenters. The Kier molecular flexibility index (Phi) is 4.49. The van der Waals surface area contributed by atoms with Gasteiger partial charge in [0.2, 0.25) is 0 Å². The maximum absolute atomic E-state index is 14.0. The van der Waals surface area contributed by atoms with E-state index >= 15 is 0 Å². The number of benzene rings is 3. The van der Waals surface area contributed by atoms with Crippen LogP contribution < -0.4 is 5.32 Å². The minimum absolute atomic E-state index is 0.0738. The summed E-state index contributed by atoms with van der Waals surface area (Å²) < 4.78 is 14.0. The van der Waals surface area contributed by atoms with E-state index in [0.717, 1.165) is 22.1 Å². The van der Waals surface area contributed by atoms with Gasteiger partial charge in [-0.1, -0.05) is 24.3 Å². The number of carbonyl (C=O) groups excluding carboxylic acids is 1. The molecule has 138 valence electrons. The Morgan fingerprint density at radius 3 is 2.68 bits per heavy atom. The standard InChI is InChI=1S/C23H17FN2O2/c1-14-7-8-20(19(24)10-14)26-23(28)17-5-2-4-15(11-17)18-12-16-6-3-9-25-22(16)21(27)13-18/h2-13,27H,1H3,(H,26,28). The lowest BCUT2D eigenvalue weighted by molar-refractivity contribution is 0.102. The van der Waals surface area contributed by atoms with Crippen LogP contribution in [0.3, 0.4) is 0 Å². The second-order valence-electron chi connectivity index (χ2n) is 6.59. The van der Waals surface area contributed by atoms with Crippen molar-refractivity contribution < 1.29 is 14.3 Å². The Hall–Kier alpha value is -3.73. The topological polar surface area (TPSA) is 62.2 Å². The number of halogens is 1. The van der Waals surface area contributed by atoms with Crippen LogP contribution in [-0.4, -0.2) is 16.0 Å². The molecule has 0 aliphatic heterocycles. The van der Waals surface area contributed by atoms with Gasteiger partial charge in [0.15, 0.2) is 0 Å². The summed E-state index contributed by atoms with van der Waals surface area (Å²) >= 11 is 0. The number of amides is 1. The molecule has 28 heavy (non-hydrogen) atoms. The smallest absolute Gasteiger partial charge is 0.255 e. The number of rotatable bonds is 3. The molecule has 5 heteroatoms. The number of aryl methyl sites for hydroxylation is 1. The van der Waals surface area contributed by atoms with Crippen LogP contribution in [0.4, 0.5) is 10.1 Å². The summed E-state index contributed by atoms with van der Waals surface area (Å²) in [7, 11) is 0. The number of nitrogens with one attached hydrogen (secondary N) is 1. The fraction of sp³-hybridized carbons (Fsp3) is 0.0435. The van der Waals surface area contributed by atoms with Crippen molar-refractivity contribution in [1.82, 2.24) is 4.98 Å². The predicted molar refractivity (Wildman–Crippen MR) is 108 cm³/mol. The molecule has 4 nitrogen and oxygen atoms in total. The molecule has 4 rings (SSSR count). The fourth-order valence-electron chi connectivity index (χ4n) is 3.10. The van der Waals surface area contributed by atoms with Gasteiger partial charge >= 0.3 is 0 Å². The monoisotopic (exact) mass is 372 g/mol. The number of hydrogen-bond donors (Lipinski definition) is 2. The van der Waals surface area contributed by atoms with E-state index in [1.54, 1.807) is 55.6 Å². The molecule has 0 saturated carbocycles. The molecule has 0 aliphatic rings. The molecule has 2 N–H and O–H groups in total. The molecule has 0 unspecified atom stereocenters. The van der Waals surface area contributed by atoms with Crippen LogP contribution in [0.1, 0.15) is 15.9 Å². The molecule has 4 aromatic rings. The van der Waals surface area contributed by atoms with Crippen molar-refractivity contribution in [2.45, 2.75) is 6.92 Å². The average Bonchev–Trinajstić information content (AvgIpc) is 2.70. The third kappa shape index (κ3) is 3.42. The van der Waals surface area contributed by atoms with Crippen molar-refractivity contribution in [1.29, 1.82) is 0 Å². The zero-order valence-corrected chi connectivity index (χ0v) is 15.1. The number of nitrogens with zero attached hydrogens (tertiary/aromatic N) is 1. The fourth-order valence-corrected chi connectivity index (χ4v) is 3.10. The highest BCUT2D eigenvalue weighted by Gasteiger charge is 2.12. The van der Waals surface area contributed by atoms with Crippen molar-refractivity contribution in [3.05, 3.63) is 89.9 Å². The van der Waals surface area contributed by atoms with Gasteiger partial charge in [-0.2, -0.15) is 0 Å². The highest BCUT2D eigenvalue weighted by atomic mass is 19.1. The highest BCUT2D eigenvalue weighted by molar-refractivity contribution is 6.05. The summed E-state index contributed by atoms with van der Waals surface area (Å²) in [4.78, 5) is 16.7. The Bertz CT molecular complexity index is 1200. The van der Waals surface area contributed by atoms with Crippen molar-refractivity contribution in [3.8, 4) is 16.9 Å². The van der Waals surface area contributed by atoms with E-state index in [2.05, 4.69) is 10.3 Å². The SMILES string of the molecule is Cc1ccc(NC(=O)c2cccc(-c3cc(O)c4ncccc4c3)c2)c(F)c1. The minimum Gasteiger partial charge on any atom is -0.506 e. The second kappa shape index (κ2) is 7.12. The van der Waals surface area contributed by atoms with Crippen LogP contribution >= 0.6 is 0 Å². The number of phenols is 1. The summed E-state index contributed by atoms with van der Waals surface area (Å²) in [5.74, 6) is -0.808. The van der Waals surface area contributed by atoms with Crippen molar-refractivity contribution >= 4 is 22.5 Å². The van der Waals surface area contributed by atoms with Crippen LogP contribution in [-0.2, 0) is 0 Å². The minimum atomic E-state index is -0.476. The number of anilines is 1. The second-order valence-corrected chi connectivity index (χ2v) is 6.59. The molecule has 1 amide bonds. The van der Waals surface area contributed by atoms with E-state index in [-0.39, 0.29) is 11.4 Å². The molecule has 0 fully saturated rings. The zero-order chi connectivity index (χ0) is 19.7. The van der Waals surface area contributed by atoms with E-state index in [0.29, 0.717) is 11.1 Å². The summed E-state index contributed by atoms with van der Waals surface area (Å²) in [6.45, 7) is 1.78. The first-order valence-electron chi connectivity index (χ1n) is 8.77. The molecule has 0 spiro atoms. The Morgan fingerprint density at radius 1 is 1.00 bits per heavy atom. The van der Waals surface area contributed by atoms with Crippen LogP contribution in [0.2, 0.25) is 0 Å². The summed E-state index contributed by atoms with van der Waals surface area (Å²) in [6.07, 6.45) is 1.62. The molecule has 0 bridgehead atoms. The van der Waals surface area contributed by atoms with Gasteiger partial charge in [0.05, 0.1) is 5.69 Å². The van der Waals surface area contributed by atoms with Crippen molar-refractivity contribution in [2.75, 3.05) is 5.32 Å². The van der Waals surface area contributed by atoms with Crippen molar-refractivity contribution in [2.24, 2.45) is 0 Å². The number of hydrogen-bond acceptors (Lipinski definition) is 3. The number of pyridine rings is 1. The first-order chi connectivity index (χ1) is 13.5. The summed E-state index contributed by atoms with van der Waals surface area (Å²) in [6, 6.07) is 18.8. The quantitative estimate of drug-likeness (QED) is 0.512. The van der Waals surface area contributed by atoms with Crippen LogP contribution in [0, 0.1) is 12.7 Å². The van der Waals surface area contributed by atoms with E-state index in [4.69, 9.17) is 0 Å². The molecule has 1 heterocycles. The third-order valence-electron chi connectivity index (χ3n) is 4.52. The first-order valence-corrected chi connectivity index (χ1v) is 8.77. The lowest BCUT2D eigenvalue weighted by Crippen LogP contribution is -2.13. The number of phenolic OH excluding ortho intramolecular Hbond substituents is 1. The predicted octanol–water partition coefficient (Wildman–Crippen LogP) is 5.31. The van der Waals surface area contributed by atoms with Crippen molar-refractivity contribution in [3.63, 3.8) is 0 Å². The van der Waals surface area contributed by atoms with Gasteiger partial charge in [-0.25, -0.2) is 4.39 Å². The Balaban J connectivity index is 1.67. The molecule has 0 saturated heterocycles. The molecule has 0 aliphatic carbocycles. The van der Waals surface area contributed by atoms with Gasteiger partial charge in [-0.05, 0) is 66.1 Å². The third-order valence-corrected chi connectivity index (χ3v) is 4.52. The van der Waals surface area contributed by atoms with Gasteiger partial charge in [-0.15, -0.1) is 0 Å². The van der Waals surface area contributed by atoms with E-state index < -0.39 is 11.7 Å². The van der Waals surface area contributed by atoms with Gasteiger partial charge in [-0.3, -0.25) is 9.78 Å². The van der Waals surface area contributed by atoms with Crippen LogP contribution in [0.15, 0.2) is 72.9 Å². The molecular weight excluding hydrogens is 355 g/mol. The number of carbonyl (C=O) groups is 1. The summed E-state index contributed by atoms with van der Waals surface area (Å²) in [5, 5.41) is 13.7. The van der Waals surface area contributed by atoms with Gasteiger partial charge in [0.25, 0.3) is 5.91 Å². The maximum atomic E-state index is 14.0. The van der Waals surface area contributed by atoms with Crippen LogP contribution in [0.5, 0.6) is 5.75 Å². The molecule has 1 aromatic heterocycles. The van der Waals surface area contributed by atoms with E-state index in [9.17, 15) is 14.3 Å². The molecular formula is C23H17FN2O2. The van der Waals surface area contributed by atoms with Gasteiger partial charge in [0.1, 0.15) is 17.1 Å². The largest absolute Gasteiger partial charge is 0.506 e. The Morgan fingerprint density at radius 2 is 1.86 bits per heavy atom. The maximum Gasteiger partial charge on any atom is 0.255 e. The van der Waals surface area contributed by atoms with E-state index in [1.807, 2.05) is 18.2 Å². The average molecular weight is 372 g/mol. The lowest BCUT2D eigenvalue weighted by Gasteiger charge is -2.10. The first kappa shape index (κ1) is 17.7. The van der Waals surface area contributed by atoms with Gasteiger partial charge < -0.3 is 10.4 Å². The van der Waals surface area contributed by atoms with Crippen LogP contribution in [0.25, 0.3) is 22.0 Å². The van der Waals surface area contributed by atoms with E-state index in [1.165, 1.54) is 6.07 Å². The molecule has 0 radical (unpaired) electrons. The number of fused-ring (bicyclic) bond motifs is 1. The number of aromatic nitrogens is 1. The zero-order valence-electron chi connectivity index (χ0n) is 15.1. The molecule has 3 aromatic carbocycles. The van der Waals surface area contributed by atoms with Gasteiger partial charge in [0, 0.05) is 17.1 Å². The highest BCUT2D eigenvalue weighted by Crippen LogP contribution is 2.31. The normalized spacial score (nSPS) is 10.8.